The molecule has 0 spiro atoms. The molecule has 1 saturated heterocycles. The van der Waals surface area contributed by atoms with Gasteiger partial charge in [-0.2, -0.15) is 0 Å². The Morgan fingerprint density at radius 1 is 1.11 bits per heavy atom. The van der Waals surface area contributed by atoms with E-state index in [1.54, 1.807) is 0 Å². The van der Waals surface area contributed by atoms with Gasteiger partial charge in [0, 0.05) is 38.4 Å². The van der Waals surface area contributed by atoms with Gasteiger partial charge in [0.1, 0.15) is 0 Å². The van der Waals surface area contributed by atoms with Crippen LogP contribution in [0.3, 0.4) is 0 Å². The second-order valence-electron chi connectivity index (χ2n) is 5.45. The molecule has 2 rings (SSSR count). The van der Waals surface area contributed by atoms with Crippen LogP contribution in [-0.4, -0.2) is 48.3 Å². The van der Waals surface area contributed by atoms with Crippen LogP contribution in [0, 0.1) is 0 Å². The topological polar surface area (TPSA) is 26.7 Å². The van der Waals surface area contributed by atoms with Crippen molar-refractivity contribution in [1.82, 2.24) is 4.90 Å². The van der Waals surface area contributed by atoms with E-state index in [1.807, 2.05) is 13.8 Å². The summed E-state index contributed by atoms with van der Waals surface area (Å²) in [5.41, 5.74) is 0.758. The van der Waals surface area contributed by atoms with Crippen LogP contribution in [0.1, 0.15) is 20.3 Å². The van der Waals surface area contributed by atoms with E-state index in [9.17, 15) is 5.11 Å². The Labute approximate surface area is 110 Å². The van der Waals surface area contributed by atoms with Crippen molar-refractivity contribution >= 4 is 5.69 Å². The smallest absolute Gasteiger partial charge is 0.0743 e. The summed E-state index contributed by atoms with van der Waals surface area (Å²) in [7, 11) is 0. The van der Waals surface area contributed by atoms with Gasteiger partial charge in [0.05, 0.1) is 5.60 Å². The summed E-state index contributed by atoms with van der Waals surface area (Å²) in [6, 6.07) is 10.6. The number of hydrogen-bond donors (Lipinski definition) is 1. The van der Waals surface area contributed by atoms with Gasteiger partial charge in [0.15, 0.2) is 0 Å². The average Bonchev–Trinajstić information content (AvgIpc) is 2.40. The minimum Gasteiger partial charge on any atom is -0.389 e. The van der Waals surface area contributed by atoms with Gasteiger partial charge in [0.25, 0.3) is 0 Å². The molecule has 1 aromatic carbocycles. The zero-order chi connectivity index (χ0) is 13.0. The van der Waals surface area contributed by atoms with Crippen LogP contribution in [-0.2, 0) is 0 Å². The van der Waals surface area contributed by atoms with E-state index in [4.69, 9.17) is 0 Å². The molecule has 0 aromatic heterocycles. The Bertz CT molecular complexity index is 356. The second-order valence-corrected chi connectivity index (χ2v) is 5.45. The maximum atomic E-state index is 10.1. The zero-order valence-corrected chi connectivity index (χ0v) is 11.5. The van der Waals surface area contributed by atoms with Crippen molar-refractivity contribution in [1.29, 1.82) is 0 Å². The van der Waals surface area contributed by atoms with Gasteiger partial charge in [-0.05, 0) is 25.5 Å². The molecule has 0 amide bonds. The summed E-state index contributed by atoms with van der Waals surface area (Å²) in [5, 5.41) is 10.1. The average molecular weight is 248 g/mol. The van der Waals surface area contributed by atoms with Gasteiger partial charge >= 0.3 is 0 Å². The number of rotatable bonds is 4. The Hall–Kier alpha value is -1.06. The van der Waals surface area contributed by atoms with E-state index >= 15 is 0 Å². The lowest BCUT2D eigenvalue weighted by Gasteiger charge is -2.39. The van der Waals surface area contributed by atoms with Crippen molar-refractivity contribution in [3.63, 3.8) is 0 Å². The summed E-state index contributed by atoms with van der Waals surface area (Å²) in [6.45, 7) is 8.91. The lowest BCUT2D eigenvalue weighted by Crippen LogP contribution is -2.51. The number of para-hydroxylation sites is 1. The summed E-state index contributed by atoms with van der Waals surface area (Å²) < 4.78 is 0. The van der Waals surface area contributed by atoms with Crippen molar-refractivity contribution in [2.75, 3.05) is 37.6 Å². The number of aliphatic hydroxyl groups is 1. The van der Waals surface area contributed by atoms with Crippen LogP contribution in [0.4, 0.5) is 5.69 Å². The fourth-order valence-corrected chi connectivity index (χ4v) is 2.40. The van der Waals surface area contributed by atoms with Crippen LogP contribution >= 0.6 is 0 Å². The van der Waals surface area contributed by atoms with Crippen molar-refractivity contribution in [2.24, 2.45) is 0 Å². The van der Waals surface area contributed by atoms with Gasteiger partial charge in [-0.25, -0.2) is 0 Å². The summed E-state index contributed by atoms with van der Waals surface area (Å²) in [6.07, 6.45) is 0.811. The van der Waals surface area contributed by atoms with Gasteiger partial charge in [-0.1, -0.05) is 25.1 Å². The number of benzene rings is 1. The van der Waals surface area contributed by atoms with Crippen LogP contribution in [0.25, 0.3) is 0 Å². The monoisotopic (exact) mass is 248 g/mol. The Morgan fingerprint density at radius 3 is 2.28 bits per heavy atom. The minimum atomic E-state index is -0.547. The summed E-state index contributed by atoms with van der Waals surface area (Å²) in [5.74, 6) is 0. The summed E-state index contributed by atoms with van der Waals surface area (Å²) >= 11 is 0. The summed E-state index contributed by atoms with van der Waals surface area (Å²) in [4.78, 5) is 4.78. The molecule has 1 aliphatic heterocycles. The van der Waals surface area contributed by atoms with Crippen LogP contribution in [0.15, 0.2) is 30.3 Å². The number of hydrogen-bond acceptors (Lipinski definition) is 3. The molecule has 1 fully saturated rings. The highest BCUT2D eigenvalue weighted by Gasteiger charge is 2.24. The van der Waals surface area contributed by atoms with Gasteiger partial charge in [-0.3, -0.25) is 4.90 Å². The number of β-amino-alcohol motifs (C(OH)–C–C–N with tert-alkyl or cyclic N) is 1. The molecule has 0 aliphatic carbocycles. The van der Waals surface area contributed by atoms with Crippen LogP contribution in [0.5, 0.6) is 0 Å². The largest absolute Gasteiger partial charge is 0.389 e. The van der Waals surface area contributed by atoms with E-state index in [1.165, 1.54) is 5.69 Å². The first-order chi connectivity index (χ1) is 8.61. The van der Waals surface area contributed by atoms with Gasteiger partial charge in [0.2, 0.25) is 0 Å². The highest BCUT2D eigenvalue weighted by molar-refractivity contribution is 5.46. The van der Waals surface area contributed by atoms with Crippen molar-refractivity contribution in [3.05, 3.63) is 30.3 Å². The molecule has 1 N–H and O–H groups in total. The van der Waals surface area contributed by atoms with Crippen LogP contribution < -0.4 is 4.90 Å². The van der Waals surface area contributed by atoms with E-state index in [2.05, 4.69) is 40.1 Å². The SMILES string of the molecule is CCC(C)(O)CN1CCN(c2ccccc2)CC1. The van der Waals surface area contributed by atoms with Crippen molar-refractivity contribution in [2.45, 2.75) is 25.9 Å². The molecule has 1 atom stereocenters. The maximum absolute atomic E-state index is 10.1. The Balaban J connectivity index is 1.85. The molecule has 0 saturated carbocycles. The van der Waals surface area contributed by atoms with Crippen LogP contribution in [0.2, 0.25) is 0 Å². The molecular formula is C15H24N2O. The zero-order valence-electron chi connectivity index (χ0n) is 11.5. The minimum absolute atomic E-state index is 0.547. The second kappa shape index (κ2) is 5.72. The lowest BCUT2D eigenvalue weighted by atomic mass is 10.0. The fraction of sp³-hybridized carbons (Fsp3) is 0.600. The molecule has 1 heterocycles. The molecule has 100 valence electrons. The van der Waals surface area contributed by atoms with Crippen molar-refractivity contribution in [3.8, 4) is 0 Å². The highest BCUT2D eigenvalue weighted by atomic mass is 16.3. The number of piperazine rings is 1. The van der Waals surface area contributed by atoms with E-state index in [0.29, 0.717) is 0 Å². The third kappa shape index (κ3) is 3.47. The maximum Gasteiger partial charge on any atom is 0.0743 e. The Kier molecular flexibility index (Phi) is 4.25. The molecule has 1 aliphatic rings. The molecule has 3 nitrogen and oxygen atoms in total. The highest BCUT2D eigenvalue weighted by Crippen LogP contribution is 2.17. The normalized spacial score (nSPS) is 20.7. The fourth-order valence-electron chi connectivity index (χ4n) is 2.40. The first kappa shape index (κ1) is 13.4. The quantitative estimate of drug-likeness (QED) is 0.882. The Morgan fingerprint density at radius 2 is 1.72 bits per heavy atom. The number of anilines is 1. The molecular weight excluding hydrogens is 224 g/mol. The van der Waals surface area contributed by atoms with Gasteiger partial charge < -0.3 is 10.0 Å². The molecule has 0 radical (unpaired) electrons. The van der Waals surface area contributed by atoms with E-state index in [-0.39, 0.29) is 0 Å². The lowest BCUT2D eigenvalue weighted by molar-refractivity contribution is 0.0149. The first-order valence-electron chi connectivity index (χ1n) is 6.85. The molecule has 18 heavy (non-hydrogen) atoms. The molecule has 1 unspecified atom stereocenters. The van der Waals surface area contributed by atoms with Crippen molar-refractivity contribution < 1.29 is 5.11 Å². The first-order valence-corrected chi connectivity index (χ1v) is 6.85. The van der Waals surface area contributed by atoms with E-state index < -0.39 is 5.60 Å². The predicted molar refractivity (Wildman–Crippen MR) is 76.0 cm³/mol. The predicted octanol–water partition coefficient (Wildman–Crippen LogP) is 1.97. The molecule has 1 aromatic rings. The molecule has 3 heteroatoms. The van der Waals surface area contributed by atoms with Gasteiger partial charge in [-0.15, -0.1) is 0 Å². The standard InChI is InChI=1S/C15H24N2O/c1-3-15(2,18)13-16-9-11-17(12-10-16)14-7-5-4-6-8-14/h4-8,18H,3,9-13H2,1-2H3. The van der Waals surface area contributed by atoms with E-state index in [0.717, 1.165) is 39.1 Å². The third-order valence-corrected chi connectivity index (χ3v) is 3.82. The number of nitrogens with zero attached hydrogens (tertiary/aromatic N) is 2. The molecule has 0 bridgehead atoms. The third-order valence-electron chi connectivity index (χ3n) is 3.82.